The molecule has 2 nitrogen and oxygen atoms in total. The van der Waals surface area contributed by atoms with E-state index in [1.165, 1.54) is 0 Å². The molecule has 5 heavy (non-hydrogen) atoms. The highest BCUT2D eigenvalue weighted by atomic mass is 28.2. The van der Waals surface area contributed by atoms with Gasteiger partial charge in [0, 0.05) is 0 Å². The van der Waals surface area contributed by atoms with Gasteiger partial charge in [0.2, 0.25) is 0 Å². The average Bonchev–Trinajstić information content (AvgIpc) is 1.41. The molecule has 0 aromatic rings. The molecule has 0 amide bonds. The molecule has 0 rings (SSSR count). The molecule has 0 atom stereocenters. The molecule has 0 radical (unpaired) electrons. The minimum absolute atomic E-state index is 0.841. The minimum atomic E-state index is 0.841. The molecule has 0 aromatic carbocycles. The Kier molecular flexibility index (Phi) is 3.67. The summed E-state index contributed by atoms with van der Waals surface area (Å²) in [5.41, 5.74) is 0. The summed E-state index contributed by atoms with van der Waals surface area (Å²) in [7, 11) is 1.68. The van der Waals surface area contributed by atoms with Crippen LogP contribution in [0, 0.1) is 0 Å². The molecule has 0 unspecified atom stereocenters. The maximum absolute atomic E-state index is 3.61. The first-order valence-corrected chi connectivity index (χ1v) is 3.13. The summed E-state index contributed by atoms with van der Waals surface area (Å²) in [6, 6.07) is 2.48. The monoisotopic (exact) mass is 102 g/mol. The average molecular weight is 102 g/mol. The summed E-state index contributed by atoms with van der Waals surface area (Å²) in [6.45, 7) is 0. The topological polar surface area (TPSA) is 24.7 Å². The van der Waals surface area contributed by atoms with Gasteiger partial charge in [0.05, 0.1) is 6.01 Å². The Balaban J connectivity index is 3.26. The van der Waals surface area contributed by atoms with Crippen LogP contribution in [0.5, 0.6) is 0 Å². The zero-order valence-electron chi connectivity index (χ0n) is 3.39. The smallest absolute Gasteiger partial charge is 0.149 e. The second-order valence-corrected chi connectivity index (χ2v) is 1.44. The van der Waals surface area contributed by atoms with Gasteiger partial charge in [-0.15, -0.1) is 0 Å². The van der Waals surface area contributed by atoms with E-state index in [2.05, 4.69) is 15.3 Å². The number of hydrogen-bond acceptors (Lipinski definition) is 2. The van der Waals surface area contributed by atoms with E-state index in [-0.39, 0.29) is 0 Å². The minimum Gasteiger partial charge on any atom is -0.280 e. The van der Waals surface area contributed by atoms with Gasteiger partial charge in [-0.2, -0.15) is 0 Å². The lowest BCUT2D eigenvalue weighted by Gasteiger charge is -1.51. The standard InChI is InChI=1S/CH6N2Si2/c4-2-1-3-5/h4-5H3. The first-order valence-electron chi connectivity index (χ1n) is 1.34. The molecule has 0 saturated heterocycles. The number of nitrogens with zero attached hydrogens (tertiary/aromatic N) is 2. The molecular formula is CH6N2Si2. The molecule has 4 heteroatoms. The molecule has 0 saturated carbocycles. The predicted molar refractivity (Wildman–Crippen MR) is 29.7 cm³/mol. The highest BCUT2D eigenvalue weighted by Gasteiger charge is 1.34. The Hall–Kier alpha value is -0.186. The molecule has 0 N–H and O–H groups in total. The summed E-state index contributed by atoms with van der Waals surface area (Å²) < 4.78 is 7.22. The van der Waals surface area contributed by atoms with Crippen LogP contribution in [0.3, 0.4) is 0 Å². The van der Waals surface area contributed by atoms with Crippen molar-refractivity contribution in [3.63, 3.8) is 0 Å². The van der Waals surface area contributed by atoms with E-state index in [0.717, 1.165) is 20.8 Å². The van der Waals surface area contributed by atoms with E-state index in [1.807, 2.05) is 0 Å². The van der Waals surface area contributed by atoms with E-state index in [0.29, 0.717) is 0 Å². The predicted octanol–water partition coefficient (Wildman–Crippen LogP) is -2.28. The Morgan fingerprint density at radius 1 is 1.20 bits per heavy atom. The summed E-state index contributed by atoms with van der Waals surface area (Å²) in [4.78, 5) is 0. The van der Waals surface area contributed by atoms with Crippen LogP contribution in [0.25, 0.3) is 0 Å². The van der Waals surface area contributed by atoms with E-state index < -0.39 is 0 Å². The van der Waals surface area contributed by atoms with Gasteiger partial charge in [-0.25, -0.2) is 0 Å². The van der Waals surface area contributed by atoms with E-state index in [1.54, 1.807) is 0 Å². The van der Waals surface area contributed by atoms with Crippen molar-refractivity contribution in [2.24, 2.45) is 9.32 Å². The summed E-state index contributed by atoms with van der Waals surface area (Å²) >= 11 is 0. The van der Waals surface area contributed by atoms with Crippen LogP contribution in [0.15, 0.2) is 9.32 Å². The van der Waals surface area contributed by atoms with Crippen molar-refractivity contribution in [3.05, 3.63) is 0 Å². The van der Waals surface area contributed by atoms with Crippen molar-refractivity contribution in [3.8, 4) is 0 Å². The quantitative estimate of drug-likeness (QED) is 0.243. The van der Waals surface area contributed by atoms with E-state index in [4.69, 9.17) is 0 Å². The molecule has 0 fully saturated rings. The first kappa shape index (κ1) is 4.81. The molecule has 0 bridgehead atoms. The zero-order valence-corrected chi connectivity index (χ0v) is 7.39. The van der Waals surface area contributed by atoms with Crippen LogP contribution in [0.2, 0.25) is 0 Å². The van der Waals surface area contributed by atoms with Gasteiger partial charge in [0.15, 0.2) is 0 Å². The molecular weight excluding hydrogens is 96.2 g/mol. The van der Waals surface area contributed by atoms with Crippen molar-refractivity contribution in [1.82, 2.24) is 0 Å². The van der Waals surface area contributed by atoms with E-state index in [9.17, 15) is 0 Å². The third kappa shape index (κ3) is 3.81. The SMILES string of the molecule is [SiH3]N=C=N[SiH3]. The van der Waals surface area contributed by atoms with Gasteiger partial charge in [0.25, 0.3) is 0 Å². The fourth-order valence-corrected chi connectivity index (χ4v) is 0.900. The molecule has 0 spiro atoms. The van der Waals surface area contributed by atoms with Crippen molar-refractivity contribution in [2.45, 2.75) is 0 Å². The maximum atomic E-state index is 3.61. The highest BCUT2D eigenvalue weighted by Crippen LogP contribution is 1.37. The Bertz CT molecular complexity index is 56.0. The van der Waals surface area contributed by atoms with Crippen LogP contribution in [-0.4, -0.2) is 26.8 Å². The Morgan fingerprint density at radius 3 is 1.60 bits per heavy atom. The van der Waals surface area contributed by atoms with Crippen molar-refractivity contribution >= 4 is 26.8 Å². The van der Waals surface area contributed by atoms with Crippen LogP contribution in [0.4, 0.5) is 0 Å². The lowest BCUT2D eigenvalue weighted by atomic mass is 11.6. The molecule has 0 aliphatic carbocycles. The summed E-state index contributed by atoms with van der Waals surface area (Å²) in [6.07, 6.45) is 0. The van der Waals surface area contributed by atoms with Gasteiger partial charge >= 0.3 is 0 Å². The third-order valence-corrected chi connectivity index (χ3v) is 0.600. The molecule has 0 aromatic heterocycles. The summed E-state index contributed by atoms with van der Waals surface area (Å²) in [5.74, 6) is 0. The lowest BCUT2D eigenvalue weighted by molar-refractivity contribution is 1.86. The van der Waals surface area contributed by atoms with Gasteiger partial charge in [-0.3, -0.25) is 9.32 Å². The van der Waals surface area contributed by atoms with Crippen molar-refractivity contribution in [2.75, 3.05) is 0 Å². The highest BCUT2D eigenvalue weighted by molar-refractivity contribution is 6.12. The second kappa shape index (κ2) is 3.81. The van der Waals surface area contributed by atoms with Crippen LogP contribution in [-0.2, 0) is 0 Å². The Labute approximate surface area is 37.0 Å². The fraction of sp³-hybridized carbons (Fsp3) is 0. The first-order chi connectivity index (χ1) is 2.41. The normalized spacial score (nSPS) is 6.40. The van der Waals surface area contributed by atoms with Gasteiger partial charge in [-0.05, 0) is 0 Å². The van der Waals surface area contributed by atoms with Crippen LogP contribution in [0.1, 0.15) is 0 Å². The van der Waals surface area contributed by atoms with Gasteiger partial charge in [-0.1, -0.05) is 0 Å². The van der Waals surface area contributed by atoms with Gasteiger partial charge in [0.1, 0.15) is 20.8 Å². The van der Waals surface area contributed by atoms with E-state index >= 15 is 0 Å². The molecule has 0 aliphatic heterocycles. The summed E-state index contributed by atoms with van der Waals surface area (Å²) in [5, 5.41) is 0. The molecule has 28 valence electrons. The zero-order chi connectivity index (χ0) is 4.12. The molecule has 0 heterocycles. The molecule has 0 aliphatic rings. The largest absolute Gasteiger partial charge is 0.280 e. The fourth-order valence-electron chi connectivity index (χ4n) is 0.100. The Morgan fingerprint density at radius 2 is 1.60 bits per heavy atom. The maximum Gasteiger partial charge on any atom is 0.149 e. The third-order valence-electron chi connectivity index (χ3n) is 0.200. The van der Waals surface area contributed by atoms with Gasteiger partial charge < -0.3 is 0 Å². The number of hydrogen-bond donors (Lipinski definition) is 0. The van der Waals surface area contributed by atoms with Crippen molar-refractivity contribution in [1.29, 1.82) is 0 Å². The van der Waals surface area contributed by atoms with Crippen LogP contribution < -0.4 is 0 Å². The number of rotatable bonds is 0. The van der Waals surface area contributed by atoms with Crippen molar-refractivity contribution < 1.29 is 0 Å². The van der Waals surface area contributed by atoms with Crippen LogP contribution >= 0.6 is 0 Å². The second-order valence-electron chi connectivity index (χ2n) is 0.547. The lowest BCUT2D eigenvalue weighted by Crippen LogP contribution is -1.51.